The maximum atomic E-state index is 11.7. The van der Waals surface area contributed by atoms with Gasteiger partial charge in [-0.2, -0.15) is 0 Å². The first-order valence-corrected chi connectivity index (χ1v) is 5.60. The molecule has 0 spiro atoms. The molecule has 4 nitrogen and oxygen atoms in total. The molecule has 16 heavy (non-hydrogen) atoms. The van der Waals surface area contributed by atoms with Crippen molar-refractivity contribution < 1.29 is 9.53 Å². The lowest BCUT2D eigenvalue weighted by molar-refractivity contribution is 0.0594. The average molecular weight is 329 g/mol. The van der Waals surface area contributed by atoms with E-state index >= 15 is 0 Å². The van der Waals surface area contributed by atoms with Crippen LogP contribution in [0.1, 0.15) is 10.5 Å². The van der Waals surface area contributed by atoms with E-state index in [2.05, 4.69) is 32.3 Å². The van der Waals surface area contributed by atoms with Gasteiger partial charge in [0.05, 0.1) is 7.11 Å². The molecule has 2 aromatic rings. The Morgan fingerprint density at radius 1 is 1.38 bits per heavy atom. The van der Waals surface area contributed by atoms with Crippen LogP contribution in [0.5, 0.6) is 0 Å². The van der Waals surface area contributed by atoms with Crippen LogP contribution in [-0.2, 0) is 4.74 Å². The second-order valence-electron chi connectivity index (χ2n) is 3.23. The summed E-state index contributed by atoms with van der Waals surface area (Å²) in [6.45, 7) is 0. The molecule has 2 rings (SSSR count). The molecule has 82 valence electrons. The Kier molecular flexibility index (Phi) is 2.95. The Hall–Kier alpha value is -1.37. The van der Waals surface area contributed by atoms with Crippen LogP contribution in [0.2, 0.25) is 0 Å². The highest BCUT2D eigenvalue weighted by atomic mass is 127. The van der Waals surface area contributed by atoms with E-state index in [-0.39, 0.29) is 11.1 Å². The predicted octanol–water partition coefficient (Wildman–Crippen LogP) is 1.92. The first-order chi connectivity index (χ1) is 7.61. The van der Waals surface area contributed by atoms with E-state index in [1.54, 1.807) is 12.1 Å². The van der Waals surface area contributed by atoms with E-state index in [1.165, 1.54) is 13.2 Å². The third-order valence-electron chi connectivity index (χ3n) is 2.20. The summed E-state index contributed by atoms with van der Waals surface area (Å²) in [5, 5.41) is 0.569. The number of rotatable bonds is 1. The van der Waals surface area contributed by atoms with Gasteiger partial charge in [-0.25, -0.2) is 4.79 Å². The van der Waals surface area contributed by atoms with Crippen LogP contribution in [0.15, 0.2) is 29.1 Å². The van der Waals surface area contributed by atoms with Gasteiger partial charge in [0.1, 0.15) is 5.69 Å². The average Bonchev–Trinajstić information content (AvgIpc) is 2.28. The number of aromatic nitrogens is 1. The lowest BCUT2D eigenvalue weighted by atomic mass is 10.2. The monoisotopic (exact) mass is 329 g/mol. The number of carbonyl (C=O) groups is 1. The van der Waals surface area contributed by atoms with Gasteiger partial charge in [-0.3, -0.25) is 4.79 Å². The highest BCUT2D eigenvalue weighted by molar-refractivity contribution is 14.1. The summed E-state index contributed by atoms with van der Waals surface area (Å²) in [7, 11) is 1.28. The minimum Gasteiger partial charge on any atom is -0.464 e. The number of methoxy groups -OCH3 is 1. The molecule has 0 unspecified atom stereocenters. The van der Waals surface area contributed by atoms with Crippen LogP contribution < -0.4 is 5.43 Å². The number of benzene rings is 1. The molecule has 0 radical (unpaired) electrons. The number of ether oxygens (including phenoxy) is 1. The van der Waals surface area contributed by atoms with Gasteiger partial charge >= 0.3 is 5.97 Å². The van der Waals surface area contributed by atoms with Crippen LogP contribution >= 0.6 is 22.6 Å². The van der Waals surface area contributed by atoms with Gasteiger partial charge in [0.15, 0.2) is 5.43 Å². The largest absolute Gasteiger partial charge is 0.464 e. The van der Waals surface area contributed by atoms with Gasteiger partial charge in [-0.05, 0) is 40.8 Å². The molecule has 1 heterocycles. The lowest BCUT2D eigenvalue weighted by Crippen LogP contribution is -2.11. The van der Waals surface area contributed by atoms with E-state index in [4.69, 9.17) is 0 Å². The second kappa shape index (κ2) is 4.25. The smallest absolute Gasteiger partial charge is 0.354 e. The molecule has 0 aliphatic rings. The fourth-order valence-electron chi connectivity index (χ4n) is 1.44. The molecule has 1 N–H and O–H groups in total. The van der Waals surface area contributed by atoms with Gasteiger partial charge in [0.2, 0.25) is 0 Å². The second-order valence-corrected chi connectivity index (χ2v) is 4.47. The zero-order chi connectivity index (χ0) is 11.7. The highest BCUT2D eigenvalue weighted by Crippen LogP contribution is 2.13. The van der Waals surface area contributed by atoms with Crippen molar-refractivity contribution in [1.82, 2.24) is 4.98 Å². The first-order valence-electron chi connectivity index (χ1n) is 4.52. The number of halogens is 1. The number of carbonyl (C=O) groups excluding carboxylic acids is 1. The maximum Gasteiger partial charge on any atom is 0.354 e. The van der Waals surface area contributed by atoms with Gasteiger partial charge in [0, 0.05) is 20.5 Å². The van der Waals surface area contributed by atoms with E-state index in [1.807, 2.05) is 6.07 Å². The molecule has 0 saturated heterocycles. The Morgan fingerprint density at radius 2 is 2.12 bits per heavy atom. The molecule has 0 aliphatic carbocycles. The number of hydrogen-bond donors (Lipinski definition) is 1. The van der Waals surface area contributed by atoms with Crippen molar-refractivity contribution in [2.24, 2.45) is 0 Å². The van der Waals surface area contributed by atoms with E-state index in [0.29, 0.717) is 10.9 Å². The lowest BCUT2D eigenvalue weighted by Gasteiger charge is -2.02. The molecule has 0 bridgehead atoms. The molecule has 0 fully saturated rings. The van der Waals surface area contributed by atoms with Crippen molar-refractivity contribution in [2.45, 2.75) is 0 Å². The summed E-state index contributed by atoms with van der Waals surface area (Å²) in [4.78, 5) is 25.9. The number of aromatic amines is 1. The first kappa shape index (κ1) is 11.1. The fourth-order valence-corrected chi connectivity index (χ4v) is 1.93. The number of nitrogens with one attached hydrogen (secondary N) is 1. The summed E-state index contributed by atoms with van der Waals surface area (Å²) in [5.41, 5.74) is 0.613. The van der Waals surface area contributed by atoms with Crippen molar-refractivity contribution in [3.8, 4) is 0 Å². The normalized spacial score (nSPS) is 10.4. The van der Waals surface area contributed by atoms with Crippen molar-refractivity contribution in [3.05, 3.63) is 43.8 Å². The number of hydrogen-bond acceptors (Lipinski definition) is 3. The summed E-state index contributed by atoms with van der Waals surface area (Å²) >= 11 is 2.13. The number of H-pyrrole nitrogens is 1. The van der Waals surface area contributed by atoms with Gasteiger partial charge < -0.3 is 9.72 Å². The van der Waals surface area contributed by atoms with Crippen LogP contribution in [0.25, 0.3) is 10.9 Å². The van der Waals surface area contributed by atoms with Crippen LogP contribution in [0.4, 0.5) is 0 Å². The Balaban J connectivity index is 2.73. The summed E-state index contributed by atoms with van der Waals surface area (Å²) in [6.07, 6.45) is 0. The Bertz CT molecular complexity index is 618. The standard InChI is InChI=1S/C11H8INO3/c1-16-11(15)9-5-10(14)7-4-6(12)2-3-8(7)13-9/h2-5H,1H3,(H,13,14). The van der Waals surface area contributed by atoms with Gasteiger partial charge in [-0.15, -0.1) is 0 Å². The molecule has 1 aromatic heterocycles. The quantitative estimate of drug-likeness (QED) is 0.642. The van der Waals surface area contributed by atoms with Crippen molar-refractivity contribution in [3.63, 3.8) is 0 Å². The molecule has 0 amide bonds. The number of esters is 1. The molecule has 0 saturated carbocycles. The third-order valence-corrected chi connectivity index (χ3v) is 2.87. The third kappa shape index (κ3) is 1.95. The maximum absolute atomic E-state index is 11.7. The number of fused-ring (bicyclic) bond motifs is 1. The minimum atomic E-state index is -0.544. The van der Waals surface area contributed by atoms with E-state index in [0.717, 1.165) is 3.57 Å². The number of pyridine rings is 1. The van der Waals surface area contributed by atoms with Crippen LogP contribution in [-0.4, -0.2) is 18.1 Å². The van der Waals surface area contributed by atoms with Crippen LogP contribution in [0.3, 0.4) is 0 Å². The molecular formula is C11H8INO3. The summed E-state index contributed by atoms with van der Waals surface area (Å²) in [6, 6.07) is 6.66. The van der Waals surface area contributed by atoms with E-state index < -0.39 is 5.97 Å². The zero-order valence-electron chi connectivity index (χ0n) is 8.41. The Morgan fingerprint density at radius 3 is 2.81 bits per heavy atom. The van der Waals surface area contributed by atoms with Crippen molar-refractivity contribution >= 4 is 39.5 Å². The molecule has 0 aliphatic heterocycles. The summed E-state index contributed by atoms with van der Waals surface area (Å²) < 4.78 is 5.53. The topological polar surface area (TPSA) is 59.2 Å². The predicted molar refractivity (Wildman–Crippen MR) is 68.6 cm³/mol. The Labute approximate surface area is 105 Å². The molecule has 0 atom stereocenters. The van der Waals surface area contributed by atoms with Crippen molar-refractivity contribution in [2.75, 3.05) is 7.11 Å². The molecule has 1 aromatic carbocycles. The SMILES string of the molecule is COC(=O)c1cc(=O)c2cc(I)ccc2[nH]1. The van der Waals surface area contributed by atoms with E-state index in [9.17, 15) is 9.59 Å². The minimum absolute atomic E-state index is 0.168. The van der Waals surface area contributed by atoms with Gasteiger partial charge in [-0.1, -0.05) is 0 Å². The molecular weight excluding hydrogens is 321 g/mol. The van der Waals surface area contributed by atoms with Crippen molar-refractivity contribution in [1.29, 1.82) is 0 Å². The van der Waals surface area contributed by atoms with Crippen LogP contribution in [0, 0.1) is 3.57 Å². The van der Waals surface area contributed by atoms with Gasteiger partial charge in [0.25, 0.3) is 0 Å². The fraction of sp³-hybridized carbons (Fsp3) is 0.0909. The molecule has 5 heteroatoms. The highest BCUT2D eigenvalue weighted by Gasteiger charge is 2.09. The summed E-state index contributed by atoms with van der Waals surface area (Å²) in [5.74, 6) is -0.544. The zero-order valence-corrected chi connectivity index (χ0v) is 10.6.